The van der Waals surface area contributed by atoms with Crippen molar-refractivity contribution in [2.45, 2.75) is 20.5 Å². The molecule has 0 amide bonds. The average molecular weight is 279 g/mol. The zero-order valence-corrected chi connectivity index (χ0v) is 12.2. The van der Waals surface area contributed by atoms with Gasteiger partial charge in [0.05, 0.1) is 42.4 Å². The largest absolute Gasteiger partial charge is 0.376 e. The molecule has 1 heterocycles. The quantitative estimate of drug-likeness (QED) is 0.919. The number of dihydropyridines is 1. The van der Waals surface area contributed by atoms with Crippen molar-refractivity contribution >= 4 is 0 Å². The van der Waals surface area contributed by atoms with Gasteiger partial charge in [0.1, 0.15) is 0 Å². The van der Waals surface area contributed by atoms with Crippen LogP contribution in [0.4, 0.5) is 0 Å². The number of rotatable bonds is 4. The van der Waals surface area contributed by atoms with E-state index in [2.05, 4.69) is 17.5 Å². The second kappa shape index (κ2) is 6.74. The topological polar surface area (TPSA) is 68.8 Å². The summed E-state index contributed by atoms with van der Waals surface area (Å²) in [5.41, 5.74) is 3.81. The fraction of sp³-hybridized carbons (Fsp3) is 0.294. The van der Waals surface area contributed by atoms with Crippen LogP contribution < -0.4 is 5.32 Å². The predicted molar refractivity (Wildman–Crippen MR) is 79.3 cm³/mol. The van der Waals surface area contributed by atoms with Gasteiger partial charge in [-0.3, -0.25) is 0 Å². The molecule has 0 saturated carbocycles. The predicted octanol–water partition coefficient (Wildman–Crippen LogP) is 3.02. The van der Waals surface area contributed by atoms with E-state index in [1.54, 1.807) is 0 Å². The van der Waals surface area contributed by atoms with Gasteiger partial charge < -0.3 is 10.1 Å². The molecule has 2 rings (SSSR count). The summed E-state index contributed by atoms with van der Waals surface area (Å²) in [6, 6.07) is 14.2. The standard InChI is InChI=1S/C17H17N3O/c1-12-15(8-18)17(16(9-19)13(2)20-12)11-21-10-14-6-4-3-5-7-14/h3-7,17,20H,10-11H2,1-2H3. The number of ether oxygens (including phenoxy) is 1. The number of nitrogens with one attached hydrogen (secondary N) is 1. The summed E-state index contributed by atoms with van der Waals surface area (Å²) < 4.78 is 5.72. The Morgan fingerprint density at radius 2 is 1.62 bits per heavy atom. The monoisotopic (exact) mass is 279 g/mol. The van der Waals surface area contributed by atoms with Crippen LogP contribution in [-0.4, -0.2) is 6.61 Å². The third kappa shape index (κ3) is 3.31. The van der Waals surface area contributed by atoms with Crippen LogP contribution in [-0.2, 0) is 11.3 Å². The Kier molecular flexibility index (Phi) is 4.77. The van der Waals surface area contributed by atoms with E-state index in [0.717, 1.165) is 17.0 Å². The number of nitrogens with zero attached hydrogens (tertiary/aromatic N) is 2. The number of hydrogen-bond donors (Lipinski definition) is 1. The van der Waals surface area contributed by atoms with Gasteiger partial charge in [-0.2, -0.15) is 10.5 Å². The third-order valence-corrected chi connectivity index (χ3v) is 3.52. The molecular weight excluding hydrogens is 262 g/mol. The average Bonchev–Trinajstić information content (AvgIpc) is 2.48. The molecule has 0 unspecified atom stereocenters. The molecule has 0 fully saturated rings. The molecule has 21 heavy (non-hydrogen) atoms. The van der Waals surface area contributed by atoms with Crippen LogP contribution >= 0.6 is 0 Å². The third-order valence-electron chi connectivity index (χ3n) is 3.52. The van der Waals surface area contributed by atoms with Gasteiger partial charge in [0, 0.05) is 11.4 Å². The lowest BCUT2D eigenvalue weighted by Crippen LogP contribution is -2.27. The molecule has 1 aromatic rings. The van der Waals surface area contributed by atoms with Crippen molar-refractivity contribution in [3.05, 3.63) is 58.4 Å². The van der Waals surface area contributed by atoms with Gasteiger partial charge in [0.2, 0.25) is 0 Å². The highest BCUT2D eigenvalue weighted by Crippen LogP contribution is 2.29. The van der Waals surface area contributed by atoms with Gasteiger partial charge in [-0.05, 0) is 19.4 Å². The van der Waals surface area contributed by atoms with Crippen molar-refractivity contribution in [2.75, 3.05) is 6.61 Å². The Balaban J connectivity index is 2.10. The summed E-state index contributed by atoms with van der Waals surface area (Å²) >= 11 is 0. The first-order valence-electron chi connectivity index (χ1n) is 6.77. The minimum atomic E-state index is -0.287. The second-order valence-corrected chi connectivity index (χ2v) is 4.98. The van der Waals surface area contributed by atoms with Crippen LogP contribution in [0.1, 0.15) is 19.4 Å². The van der Waals surface area contributed by atoms with Crippen LogP contribution in [0.5, 0.6) is 0 Å². The van der Waals surface area contributed by atoms with Gasteiger partial charge >= 0.3 is 0 Å². The van der Waals surface area contributed by atoms with Gasteiger partial charge in [-0.1, -0.05) is 30.3 Å². The van der Waals surface area contributed by atoms with Crippen molar-refractivity contribution in [1.82, 2.24) is 5.32 Å². The van der Waals surface area contributed by atoms with Gasteiger partial charge in [0.15, 0.2) is 0 Å². The minimum absolute atomic E-state index is 0.287. The molecule has 1 aliphatic heterocycles. The lowest BCUT2D eigenvalue weighted by atomic mass is 9.87. The summed E-state index contributed by atoms with van der Waals surface area (Å²) in [6.07, 6.45) is 0. The lowest BCUT2D eigenvalue weighted by Gasteiger charge is -2.25. The number of benzene rings is 1. The Bertz CT molecular complexity index is 624. The van der Waals surface area contributed by atoms with Crippen LogP contribution in [0.25, 0.3) is 0 Å². The molecule has 1 N–H and O–H groups in total. The molecule has 0 saturated heterocycles. The maximum Gasteiger partial charge on any atom is 0.0973 e. The molecule has 0 aliphatic carbocycles. The van der Waals surface area contributed by atoms with E-state index in [9.17, 15) is 10.5 Å². The molecule has 0 bridgehead atoms. The summed E-state index contributed by atoms with van der Waals surface area (Å²) in [6.45, 7) is 4.50. The lowest BCUT2D eigenvalue weighted by molar-refractivity contribution is 0.106. The Morgan fingerprint density at radius 3 is 2.14 bits per heavy atom. The maximum absolute atomic E-state index is 9.31. The Morgan fingerprint density at radius 1 is 1.05 bits per heavy atom. The van der Waals surface area contributed by atoms with Crippen LogP contribution in [0.3, 0.4) is 0 Å². The highest BCUT2D eigenvalue weighted by Gasteiger charge is 2.27. The van der Waals surface area contributed by atoms with Gasteiger partial charge in [-0.25, -0.2) is 0 Å². The van der Waals surface area contributed by atoms with E-state index in [0.29, 0.717) is 24.4 Å². The van der Waals surface area contributed by atoms with Crippen molar-refractivity contribution in [3.63, 3.8) is 0 Å². The fourth-order valence-electron chi connectivity index (χ4n) is 2.44. The zero-order valence-electron chi connectivity index (χ0n) is 12.2. The minimum Gasteiger partial charge on any atom is -0.376 e. The highest BCUT2D eigenvalue weighted by atomic mass is 16.5. The Labute approximate surface area is 125 Å². The molecule has 0 aromatic heterocycles. The number of hydrogen-bond acceptors (Lipinski definition) is 4. The summed E-state index contributed by atoms with van der Waals surface area (Å²) in [5.74, 6) is -0.287. The van der Waals surface area contributed by atoms with E-state index in [1.165, 1.54) is 0 Å². The second-order valence-electron chi connectivity index (χ2n) is 4.98. The van der Waals surface area contributed by atoms with E-state index in [-0.39, 0.29) is 5.92 Å². The van der Waals surface area contributed by atoms with Crippen molar-refractivity contribution in [1.29, 1.82) is 10.5 Å². The first-order valence-corrected chi connectivity index (χ1v) is 6.77. The number of nitriles is 2. The zero-order chi connectivity index (χ0) is 15.2. The van der Waals surface area contributed by atoms with E-state index in [1.807, 2.05) is 44.2 Å². The molecule has 0 atom stereocenters. The van der Waals surface area contributed by atoms with Gasteiger partial charge in [0.25, 0.3) is 0 Å². The molecule has 1 aliphatic rings. The van der Waals surface area contributed by atoms with Crippen molar-refractivity contribution in [3.8, 4) is 12.1 Å². The summed E-state index contributed by atoms with van der Waals surface area (Å²) in [7, 11) is 0. The van der Waals surface area contributed by atoms with E-state index in [4.69, 9.17) is 4.74 Å². The van der Waals surface area contributed by atoms with Crippen LogP contribution in [0.2, 0.25) is 0 Å². The van der Waals surface area contributed by atoms with Crippen LogP contribution in [0, 0.1) is 28.6 Å². The normalized spacial score (nSPS) is 15.4. The Hall–Kier alpha value is -2.56. The molecule has 106 valence electrons. The SMILES string of the molecule is CC1=C(C#N)C(COCc2ccccc2)C(C#N)=C(C)N1. The highest BCUT2D eigenvalue weighted by molar-refractivity contribution is 5.46. The molecule has 1 aromatic carbocycles. The van der Waals surface area contributed by atoms with E-state index >= 15 is 0 Å². The van der Waals surface area contributed by atoms with Crippen molar-refractivity contribution in [2.24, 2.45) is 5.92 Å². The summed E-state index contributed by atoms with van der Waals surface area (Å²) in [5, 5.41) is 21.7. The molecule has 4 heteroatoms. The first-order chi connectivity index (χ1) is 10.2. The molecule has 0 spiro atoms. The number of allylic oxidation sites excluding steroid dienone is 2. The smallest absolute Gasteiger partial charge is 0.0973 e. The summed E-state index contributed by atoms with van der Waals surface area (Å²) in [4.78, 5) is 0. The maximum atomic E-state index is 9.31. The molecular formula is C17H17N3O. The van der Waals surface area contributed by atoms with E-state index < -0.39 is 0 Å². The van der Waals surface area contributed by atoms with Crippen molar-refractivity contribution < 1.29 is 4.74 Å². The van der Waals surface area contributed by atoms with Crippen LogP contribution in [0.15, 0.2) is 52.9 Å². The molecule has 4 nitrogen and oxygen atoms in total. The fourth-order valence-corrected chi connectivity index (χ4v) is 2.44. The molecule has 0 radical (unpaired) electrons. The first kappa shape index (κ1) is 14.8. The van der Waals surface area contributed by atoms with Gasteiger partial charge in [-0.15, -0.1) is 0 Å².